The summed E-state index contributed by atoms with van der Waals surface area (Å²) in [5.41, 5.74) is 0.197. The Morgan fingerprint density at radius 1 is 1.25 bits per heavy atom. The van der Waals surface area contributed by atoms with Crippen LogP contribution < -0.4 is 0 Å². The summed E-state index contributed by atoms with van der Waals surface area (Å²) in [6, 6.07) is 0. The number of hydrogen-bond donors (Lipinski definition) is 0. The standard InChI is InChI=1S/C10H24OSi/c1-5-8-9(4)10(6-2,7-3)11-12/h9H,5-8H2,1-4,12H3. The molecule has 0 aliphatic carbocycles. The summed E-state index contributed by atoms with van der Waals surface area (Å²) in [6.45, 7) is 9.06. The van der Waals surface area contributed by atoms with Crippen LogP contribution in [-0.4, -0.2) is 16.1 Å². The molecular formula is C10H24OSi. The average molecular weight is 188 g/mol. The lowest BCUT2D eigenvalue weighted by atomic mass is 9.81. The van der Waals surface area contributed by atoms with Crippen LogP contribution in [0.15, 0.2) is 0 Å². The maximum Gasteiger partial charge on any atom is 0.146 e. The van der Waals surface area contributed by atoms with Crippen LogP contribution in [0.5, 0.6) is 0 Å². The van der Waals surface area contributed by atoms with Gasteiger partial charge < -0.3 is 4.43 Å². The predicted molar refractivity (Wildman–Crippen MR) is 58.4 cm³/mol. The van der Waals surface area contributed by atoms with Crippen molar-refractivity contribution in [2.24, 2.45) is 5.92 Å². The van der Waals surface area contributed by atoms with E-state index in [1.807, 2.05) is 0 Å². The molecule has 0 rings (SSSR count). The first-order valence-corrected chi connectivity index (χ1v) is 6.03. The van der Waals surface area contributed by atoms with Crippen LogP contribution in [0.2, 0.25) is 0 Å². The molecule has 0 aromatic carbocycles. The Kier molecular flexibility index (Phi) is 5.84. The van der Waals surface area contributed by atoms with Gasteiger partial charge in [-0.05, 0) is 25.2 Å². The molecule has 0 saturated heterocycles. The minimum absolute atomic E-state index is 0.197. The molecule has 0 bridgehead atoms. The molecule has 1 unspecified atom stereocenters. The highest BCUT2D eigenvalue weighted by Gasteiger charge is 2.30. The Morgan fingerprint density at radius 3 is 2.00 bits per heavy atom. The number of hydrogen-bond acceptors (Lipinski definition) is 1. The van der Waals surface area contributed by atoms with E-state index < -0.39 is 0 Å². The van der Waals surface area contributed by atoms with Crippen LogP contribution >= 0.6 is 0 Å². The fourth-order valence-corrected chi connectivity index (χ4v) is 3.11. The van der Waals surface area contributed by atoms with Gasteiger partial charge in [-0.25, -0.2) is 0 Å². The molecule has 0 aliphatic heterocycles. The van der Waals surface area contributed by atoms with Crippen LogP contribution in [0, 0.1) is 5.92 Å². The molecule has 0 aliphatic rings. The van der Waals surface area contributed by atoms with Crippen molar-refractivity contribution < 1.29 is 4.43 Å². The van der Waals surface area contributed by atoms with Gasteiger partial charge in [-0.2, -0.15) is 0 Å². The van der Waals surface area contributed by atoms with Crippen molar-refractivity contribution in [2.45, 2.75) is 59.0 Å². The lowest BCUT2D eigenvalue weighted by molar-refractivity contribution is 0.0110. The van der Waals surface area contributed by atoms with Crippen molar-refractivity contribution in [3.8, 4) is 0 Å². The van der Waals surface area contributed by atoms with Crippen LogP contribution in [-0.2, 0) is 4.43 Å². The highest BCUT2D eigenvalue weighted by molar-refractivity contribution is 5.98. The van der Waals surface area contributed by atoms with E-state index in [1.54, 1.807) is 0 Å². The van der Waals surface area contributed by atoms with Gasteiger partial charge in [0, 0.05) is 0 Å². The Labute approximate surface area is 80.4 Å². The lowest BCUT2D eigenvalue weighted by Gasteiger charge is -2.37. The minimum Gasteiger partial charge on any atom is -0.422 e. The van der Waals surface area contributed by atoms with Gasteiger partial charge in [0.2, 0.25) is 0 Å². The molecule has 0 aromatic heterocycles. The predicted octanol–water partition coefficient (Wildman–Crippen LogP) is 2.28. The molecule has 0 aromatic rings. The summed E-state index contributed by atoms with van der Waals surface area (Å²) in [7, 11) is 0.870. The summed E-state index contributed by atoms with van der Waals surface area (Å²) in [6.07, 6.45) is 4.89. The first-order valence-electron chi connectivity index (χ1n) is 5.22. The SMILES string of the molecule is CCCC(C)C(CC)(CC)O[SiH3]. The molecule has 0 spiro atoms. The fraction of sp³-hybridized carbons (Fsp3) is 1.00. The lowest BCUT2D eigenvalue weighted by Crippen LogP contribution is -2.37. The maximum absolute atomic E-state index is 5.79. The zero-order valence-electron chi connectivity index (χ0n) is 9.31. The van der Waals surface area contributed by atoms with Gasteiger partial charge in [-0.1, -0.05) is 34.1 Å². The van der Waals surface area contributed by atoms with Gasteiger partial charge in [-0.3, -0.25) is 0 Å². The zero-order valence-corrected chi connectivity index (χ0v) is 11.3. The van der Waals surface area contributed by atoms with Crippen LogP contribution in [0.4, 0.5) is 0 Å². The van der Waals surface area contributed by atoms with E-state index in [0.29, 0.717) is 0 Å². The van der Waals surface area contributed by atoms with Gasteiger partial charge in [0.15, 0.2) is 0 Å². The smallest absolute Gasteiger partial charge is 0.146 e. The van der Waals surface area contributed by atoms with E-state index in [2.05, 4.69) is 27.7 Å². The highest BCUT2D eigenvalue weighted by Crippen LogP contribution is 2.31. The van der Waals surface area contributed by atoms with E-state index in [-0.39, 0.29) is 5.60 Å². The largest absolute Gasteiger partial charge is 0.422 e. The highest BCUT2D eigenvalue weighted by atomic mass is 28.2. The van der Waals surface area contributed by atoms with Gasteiger partial charge in [0.25, 0.3) is 0 Å². The van der Waals surface area contributed by atoms with E-state index in [9.17, 15) is 0 Å². The molecule has 1 nitrogen and oxygen atoms in total. The van der Waals surface area contributed by atoms with Gasteiger partial charge in [0.05, 0.1) is 5.60 Å². The van der Waals surface area contributed by atoms with Crippen molar-refractivity contribution in [3.05, 3.63) is 0 Å². The summed E-state index contributed by atoms with van der Waals surface area (Å²) >= 11 is 0. The summed E-state index contributed by atoms with van der Waals surface area (Å²) in [5, 5.41) is 0. The third-order valence-corrected chi connectivity index (χ3v) is 4.04. The third-order valence-electron chi connectivity index (χ3n) is 3.22. The summed E-state index contributed by atoms with van der Waals surface area (Å²) in [4.78, 5) is 0. The van der Waals surface area contributed by atoms with E-state index >= 15 is 0 Å². The van der Waals surface area contributed by atoms with Crippen LogP contribution in [0.3, 0.4) is 0 Å². The van der Waals surface area contributed by atoms with E-state index in [0.717, 1.165) is 29.2 Å². The number of rotatable bonds is 6. The van der Waals surface area contributed by atoms with Crippen LogP contribution in [0.25, 0.3) is 0 Å². The van der Waals surface area contributed by atoms with E-state index in [1.165, 1.54) is 12.8 Å². The maximum atomic E-state index is 5.79. The molecular weight excluding hydrogens is 164 g/mol. The minimum atomic E-state index is 0.197. The van der Waals surface area contributed by atoms with Crippen molar-refractivity contribution in [1.82, 2.24) is 0 Å². The Hall–Kier alpha value is 0.177. The molecule has 2 heteroatoms. The van der Waals surface area contributed by atoms with Gasteiger partial charge >= 0.3 is 0 Å². The first kappa shape index (κ1) is 12.2. The molecule has 74 valence electrons. The molecule has 0 N–H and O–H groups in total. The molecule has 1 atom stereocenters. The average Bonchev–Trinajstić information content (AvgIpc) is 2.09. The van der Waals surface area contributed by atoms with Crippen molar-refractivity contribution in [2.75, 3.05) is 0 Å². The molecule has 0 heterocycles. The molecule has 0 amide bonds. The quantitative estimate of drug-likeness (QED) is 0.581. The third kappa shape index (κ3) is 2.59. The summed E-state index contributed by atoms with van der Waals surface area (Å²) in [5.74, 6) is 0.718. The second kappa shape index (κ2) is 5.76. The normalized spacial score (nSPS) is 15.0. The van der Waals surface area contributed by atoms with Crippen molar-refractivity contribution >= 4 is 10.5 Å². The second-order valence-corrected chi connectivity index (χ2v) is 4.07. The van der Waals surface area contributed by atoms with E-state index in [4.69, 9.17) is 4.43 Å². The van der Waals surface area contributed by atoms with Crippen molar-refractivity contribution in [3.63, 3.8) is 0 Å². The summed E-state index contributed by atoms with van der Waals surface area (Å²) < 4.78 is 5.79. The Balaban J connectivity index is 4.24. The second-order valence-electron chi connectivity index (χ2n) is 3.67. The Morgan fingerprint density at radius 2 is 1.75 bits per heavy atom. The van der Waals surface area contributed by atoms with Gasteiger partial charge in [0.1, 0.15) is 10.5 Å². The Bertz CT molecular complexity index is 102. The first-order chi connectivity index (χ1) is 5.66. The molecule has 0 fully saturated rings. The topological polar surface area (TPSA) is 9.23 Å². The molecule has 12 heavy (non-hydrogen) atoms. The zero-order chi connectivity index (χ0) is 9.61. The van der Waals surface area contributed by atoms with Crippen molar-refractivity contribution in [1.29, 1.82) is 0 Å². The fourth-order valence-electron chi connectivity index (χ4n) is 2.13. The van der Waals surface area contributed by atoms with Gasteiger partial charge in [-0.15, -0.1) is 0 Å². The monoisotopic (exact) mass is 188 g/mol. The molecule has 0 saturated carbocycles. The molecule has 0 radical (unpaired) electrons. The van der Waals surface area contributed by atoms with Crippen LogP contribution in [0.1, 0.15) is 53.4 Å².